The first-order valence-corrected chi connectivity index (χ1v) is 15.6. The number of rotatable bonds is 5. The third-order valence-corrected chi connectivity index (χ3v) is 10.3. The van der Waals surface area contributed by atoms with Gasteiger partial charge in [0.2, 0.25) is 0 Å². The molecule has 0 spiro atoms. The van der Waals surface area contributed by atoms with Crippen molar-refractivity contribution < 1.29 is 40.3 Å². The molecule has 3 N–H and O–H groups in total. The molecule has 0 bridgehead atoms. The summed E-state index contributed by atoms with van der Waals surface area (Å²) < 4.78 is 15.0. The van der Waals surface area contributed by atoms with Crippen molar-refractivity contribution in [2.75, 3.05) is 6.61 Å². The number of guanidine groups is 1. The van der Waals surface area contributed by atoms with Gasteiger partial charge in [-0.05, 0) is 0 Å². The number of amides is 2. The van der Waals surface area contributed by atoms with Crippen molar-refractivity contribution in [2.24, 2.45) is 10.7 Å². The van der Waals surface area contributed by atoms with Gasteiger partial charge in [-0.25, -0.2) is 0 Å². The molecule has 2 atom stereocenters. The SMILES string of the molecule is CCC1(CC)CC(=O)N([C@@H]2CCOC3=CC=C(C(=O)N[C@@H]4CC(C)(C)Oc5ccccc54)[I-]C=C32)C(N)=N1. The molecular weight excluding hydrogens is 595 g/mol. The number of allylic oxidation sites excluding steroid dienone is 2. The second kappa shape index (κ2) is 10.4. The number of carbonyl (C=O) groups is 2. The summed E-state index contributed by atoms with van der Waals surface area (Å²) in [5.74, 6) is 1.72. The summed E-state index contributed by atoms with van der Waals surface area (Å²) in [5, 5.41) is 3.26. The van der Waals surface area contributed by atoms with Gasteiger partial charge in [-0.1, -0.05) is 0 Å². The van der Waals surface area contributed by atoms with E-state index in [-0.39, 0.29) is 35.5 Å². The number of halogens is 1. The van der Waals surface area contributed by atoms with Crippen molar-refractivity contribution in [1.82, 2.24) is 10.2 Å². The monoisotopic (exact) mass is 631 g/mol. The van der Waals surface area contributed by atoms with Crippen LogP contribution in [0.15, 0.2) is 60.4 Å². The van der Waals surface area contributed by atoms with Crippen LogP contribution in [-0.2, 0) is 14.3 Å². The Morgan fingerprint density at radius 1 is 1.24 bits per heavy atom. The molecular formula is C29H36IN4O4-. The quantitative estimate of drug-likeness (QED) is 0.473. The minimum atomic E-state index is -0.786. The molecule has 0 aromatic heterocycles. The summed E-state index contributed by atoms with van der Waals surface area (Å²) in [5.41, 5.74) is 7.54. The van der Waals surface area contributed by atoms with Crippen LogP contribution in [0, 0.1) is 0 Å². The molecule has 4 aliphatic rings. The van der Waals surface area contributed by atoms with Gasteiger partial charge in [0.25, 0.3) is 0 Å². The van der Waals surface area contributed by atoms with E-state index in [1.54, 1.807) is 4.90 Å². The average Bonchev–Trinajstić information content (AvgIpc) is 3.11. The van der Waals surface area contributed by atoms with Crippen LogP contribution >= 0.6 is 0 Å². The second-order valence-corrected chi connectivity index (χ2v) is 13.3. The van der Waals surface area contributed by atoms with E-state index < -0.39 is 26.7 Å². The Balaban J connectivity index is 1.36. The molecule has 1 saturated heterocycles. The van der Waals surface area contributed by atoms with Crippen LogP contribution in [0.4, 0.5) is 0 Å². The normalized spacial score (nSPS) is 25.9. The van der Waals surface area contributed by atoms with E-state index in [9.17, 15) is 9.59 Å². The number of benzene rings is 1. The summed E-state index contributed by atoms with van der Waals surface area (Å²) in [4.78, 5) is 33.3. The number of hydrogen-bond donors (Lipinski definition) is 2. The Morgan fingerprint density at radius 3 is 2.74 bits per heavy atom. The maximum absolute atomic E-state index is 13.5. The zero-order valence-corrected chi connectivity index (χ0v) is 24.6. The van der Waals surface area contributed by atoms with Gasteiger partial charge in [0, 0.05) is 0 Å². The molecule has 0 saturated carbocycles. The third-order valence-electron chi connectivity index (χ3n) is 7.84. The number of ether oxygens (including phenoxy) is 2. The van der Waals surface area contributed by atoms with E-state index >= 15 is 0 Å². The molecule has 9 heteroatoms. The fourth-order valence-electron chi connectivity index (χ4n) is 5.63. The number of aliphatic imine (C=N–C) groups is 1. The van der Waals surface area contributed by atoms with Crippen molar-refractivity contribution in [3.05, 3.63) is 61.0 Å². The van der Waals surface area contributed by atoms with Crippen LogP contribution in [0.2, 0.25) is 0 Å². The molecule has 2 amide bonds. The predicted octanol–water partition coefficient (Wildman–Crippen LogP) is 1.05. The van der Waals surface area contributed by atoms with E-state index in [0.717, 1.165) is 33.3 Å². The summed E-state index contributed by atoms with van der Waals surface area (Å²) in [6.07, 6.45) is 6.95. The standard InChI is InChI=1S/C29H36IN4O4/c1-5-29(6-2)16-25(35)34(27(31)33-29)22-13-14-37-23-12-11-20(30-17-19(22)23)26(36)32-21-15-28(3,4)38-24-10-8-7-9-18(21)24/h7-12,17,21-22H,5-6,13-16H2,1-4H3,(H2,31,33)(H,32,36)/q-1/t21-,22-/m1/s1. The Labute approximate surface area is 234 Å². The zero-order valence-electron chi connectivity index (χ0n) is 22.4. The fourth-order valence-corrected chi connectivity index (χ4v) is 7.85. The first-order chi connectivity index (χ1) is 18.1. The van der Waals surface area contributed by atoms with Crippen molar-refractivity contribution in [2.45, 2.75) is 83.0 Å². The van der Waals surface area contributed by atoms with E-state index in [4.69, 9.17) is 20.2 Å². The van der Waals surface area contributed by atoms with Gasteiger partial charge < -0.3 is 0 Å². The molecule has 8 nitrogen and oxygen atoms in total. The Hall–Kier alpha value is -2.82. The van der Waals surface area contributed by atoms with Crippen LogP contribution in [0.5, 0.6) is 5.75 Å². The Bertz CT molecular complexity index is 1260. The number of para-hydroxylation sites is 1. The Morgan fingerprint density at radius 2 is 2.00 bits per heavy atom. The molecule has 1 aromatic rings. The maximum atomic E-state index is 13.5. The first-order valence-electron chi connectivity index (χ1n) is 13.3. The van der Waals surface area contributed by atoms with Crippen LogP contribution in [0.1, 0.15) is 71.4 Å². The molecule has 0 aliphatic carbocycles. The summed E-state index contributed by atoms with van der Waals surface area (Å²) >= 11 is -0.786. The number of hydrogen-bond acceptors (Lipinski definition) is 6. The van der Waals surface area contributed by atoms with Crippen LogP contribution < -0.4 is 37.0 Å². The average molecular weight is 632 g/mol. The molecule has 5 rings (SSSR count). The zero-order chi connectivity index (χ0) is 27.1. The number of nitrogens with zero attached hydrogens (tertiary/aromatic N) is 2. The van der Waals surface area contributed by atoms with E-state index in [1.807, 2.05) is 50.3 Å². The molecule has 0 radical (unpaired) electrons. The second-order valence-electron chi connectivity index (χ2n) is 10.8. The molecule has 1 aromatic carbocycles. The molecule has 4 heterocycles. The molecule has 204 valence electrons. The molecule has 4 aliphatic heterocycles. The van der Waals surface area contributed by atoms with Crippen molar-refractivity contribution in [3.8, 4) is 5.75 Å². The first kappa shape index (κ1) is 26.8. The fraction of sp³-hybridized carbons (Fsp3) is 0.483. The van der Waals surface area contributed by atoms with E-state index in [0.29, 0.717) is 31.6 Å². The summed E-state index contributed by atoms with van der Waals surface area (Å²) in [7, 11) is 0. The van der Waals surface area contributed by atoms with E-state index in [1.165, 1.54) is 0 Å². The van der Waals surface area contributed by atoms with Crippen molar-refractivity contribution in [3.63, 3.8) is 0 Å². The topological polar surface area (TPSA) is 106 Å². The van der Waals surface area contributed by atoms with Gasteiger partial charge in [-0.15, -0.1) is 0 Å². The summed E-state index contributed by atoms with van der Waals surface area (Å²) in [6, 6.07) is 7.50. The van der Waals surface area contributed by atoms with Gasteiger partial charge in [0.05, 0.1) is 0 Å². The van der Waals surface area contributed by atoms with Gasteiger partial charge in [0.1, 0.15) is 0 Å². The van der Waals surface area contributed by atoms with Crippen molar-refractivity contribution >= 4 is 17.8 Å². The van der Waals surface area contributed by atoms with Crippen LogP contribution in [0.3, 0.4) is 0 Å². The van der Waals surface area contributed by atoms with Gasteiger partial charge in [0.15, 0.2) is 0 Å². The predicted molar refractivity (Wildman–Crippen MR) is 142 cm³/mol. The number of fused-ring (bicyclic) bond motifs is 2. The van der Waals surface area contributed by atoms with Crippen LogP contribution in [0.25, 0.3) is 0 Å². The van der Waals surface area contributed by atoms with Crippen molar-refractivity contribution in [1.29, 1.82) is 0 Å². The molecule has 1 fully saturated rings. The molecule has 0 unspecified atom stereocenters. The third kappa shape index (κ3) is 5.09. The summed E-state index contributed by atoms with van der Waals surface area (Å²) in [6.45, 7) is 8.65. The van der Waals surface area contributed by atoms with Gasteiger partial charge in [-0.2, -0.15) is 0 Å². The van der Waals surface area contributed by atoms with Crippen LogP contribution in [-0.4, -0.2) is 46.5 Å². The van der Waals surface area contributed by atoms with Gasteiger partial charge in [-0.3, -0.25) is 0 Å². The van der Waals surface area contributed by atoms with Gasteiger partial charge >= 0.3 is 235 Å². The van der Waals surface area contributed by atoms with E-state index in [2.05, 4.69) is 23.2 Å². The Kier molecular flexibility index (Phi) is 7.32. The number of carbonyl (C=O) groups excluding carboxylic acids is 2. The minimum absolute atomic E-state index is 0.00233. The number of nitrogens with two attached hydrogens (primary N) is 1. The number of nitrogens with one attached hydrogen (secondary N) is 1. The molecule has 38 heavy (non-hydrogen) atoms.